The molecule has 1 aromatic rings. The van der Waals surface area contributed by atoms with Crippen molar-refractivity contribution in [1.29, 1.82) is 0 Å². The summed E-state index contributed by atoms with van der Waals surface area (Å²) in [7, 11) is -1.38. The lowest BCUT2D eigenvalue weighted by molar-refractivity contribution is -0.110. The number of ether oxygens (including phenoxy) is 2. The lowest BCUT2D eigenvalue weighted by Gasteiger charge is -2.27. The molecule has 0 fully saturated rings. The lowest BCUT2D eigenvalue weighted by Crippen LogP contribution is -2.36. The number of allylic oxidation sites excluding steroid dienone is 4. The molecule has 0 heterocycles. The summed E-state index contributed by atoms with van der Waals surface area (Å²) in [5.41, 5.74) is 1.47. The van der Waals surface area contributed by atoms with Crippen LogP contribution in [0, 0.1) is 0 Å². The number of rotatable bonds is 9. The van der Waals surface area contributed by atoms with E-state index in [4.69, 9.17) is 14.0 Å². The summed E-state index contributed by atoms with van der Waals surface area (Å²) in [4.78, 5) is 18.1. The van der Waals surface area contributed by atoms with E-state index in [0.29, 0.717) is 44.1 Å². The van der Waals surface area contributed by atoms with Crippen LogP contribution < -0.4 is 14.4 Å². The molecule has 0 amide bonds. The number of aliphatic imine (C=N–C) groups is 1. The molecule has 0 saturated carbocycles. The van der Waals surface area contributed by atoms with Crippen molar-refractivity contribution in [3.8, 4) is 11.5 Å². The Hall–Kier alpha value is -1.73. The minimum absolute atomic E-state index is 0.0378. The van der Waals surface area contributed by atoms with Gasteiger partial charge in [0.2, 0.25) is 5.78 Å². The first-order chi connectivity index (χ1) is 14.5. The minimum atomic E-state index is -4.31. The predicted octanol–water partition coefficient (Wildman–Crippen LogP) is 2.99. The summed E-state index contributed by atoms with van der Waals surface area (Å²) in [5, 5.41) is 10.0. The Kier molecular flexibility index (Phi) is 8.83. The summed E-state index contributed by atoms with van der Waals surface area (Å²) in [6, 6.07) is 3.36. The molecule has 1 aliphatic rings. The molecule has 0 radical (unpaired) electrons. The van der Waals surface area contributed by atoms with E-state index >= 15 is 0 Å². The number of aliphatic hydroxyl groups is 1. The zero-order valence-electron chi connectivity index (χ0n) is 17.0. The van der Waals surface area contributed by atoms with Gasteiger partial charge in [-0.1, -0.05) is 0 Å². The fourth-order valence-electron chi connectivity index (χ4n) is 2.88. The Bertz CT molecular complexity index is 1000. The second-order valence-corrected chi connectivity index (χ2v) is 9.70. The number of methoxy groups -OCH3 is 2. The molecule has 0 aliphatic heterocycles. The number of ketones is 1. The van der Waals surface area contributed by atoms with E-state index < -0.39 is 22.0 Å². The number of anilines is 1. The monoisotopic (exact) mass is 580 g/mol. The van der Waals surface area contributed by atoms with Crippen LogP contribution in [0.15, 0.2) is 38.2 Å². The van der Waals surface area contributed by atoms with Crippen LogP contribution in [0.2, 0.25) is 0 Å². The predicted molar refractivity (Wildman–Crippen MR) is 126 cm³/mol. The molecule has 2 N–H and O–H groups in total. The number of nitrogens with zero attached hydrogens (tertiary/aromatic N) is 2. The highest BCUT2D eigenvalue weighted by molar-refractivity contribution is 9.13. The van der Waals surface area contributed by atoms with Gasteiger partial charge in [-0.05, 0) is 50.9 Å². The van der Waals surface area contributed by atoms with E-state index in [2.05, 4.69) is 36.9 Å². The summed E-state index contributed by atoms with van der Waals surface area (Å²) in [6.45, 7) is 2.23. The van der Waals surface area contributed by atoms with Crippen LogP contribution in [-0.4, -0.2) is 68.7 Å². The van der Waals surface area contributed by atoms with Gasteiger partial charge in [-0.3, -0.25) is 9.35 Å². The van der Waals surface area contributed by atoms with E-state index in [-0.39, 0.29) is 12.3 Å². The van der Waals surface area contributed by atoms with E-state index in [0.717, 1.165) is 0 Å². The molecular weight excluding hydrogens is 560 g/mol. The average molecular weight is 582 g/mol. The van der Waals surface area contributed by atoms with E-state index in [9.17, 15) is 18.3 Å². The Morgan fingerprint density at radius 3 is 2.06 bits per heavy atom. The highest BCUT2D eigenvalue weighted by Gasteiger charge is 2.22. The van der Waals surface area contributed by atoms with Gasteiger partial charge >= 0.3 is 0 Å². The Morgan fingerprint density at radius 1 is 1.13 bits per heavy atom. The standard InChI is InChI=1S/C19H22Br2N2O7S/c1-4-23(9-13(24)10-31(26,27)28)12-7-16(29-2)18(17(8-12)30-3)22-11-5-14(20)19(25)15(21)6-11/h5-8,13,24H,4,9-10H2,1-3H3,(H,26,27,28). The number of hydrogen-bond acceptors (Lipinski definition) is 8. The average Bonchev–Trinajstić information content (AvgIpc) is 2.68. The zero-order valence-corrected chi connectivity index (χ0v) is 21.0. The third-order valence-corrected chi connectivity index (χ3v) is 6.25. The molecule has 0 bridgehead atoms. The van der Waals surface area contributed by atoms with Gasteiger partial charge in [0.15, 0.2) is 0 Å². The van der Waals surface area contributed by atoms with Crippen LogP contribution in [0.1, 0.15) is 6.92 Å². The van der Waals surface area contributed by atoms with Crippen molar-refractivity contribution in [2.75, 3.05) is 38.0 Å². The van der Waals surface area contributed by atoms with E-state index in [1.54, 1.807) is 29.2 Å². The minimum Gasteiger partial charge on any atom is -0.494 e. The van der Waals surface area contributed by atoms with Gasteiger partial charge in [0.1, 0.15) is 22.9 Å². The van der Waals surface area contributed by atoms with Crippen molar-refractivity contribution in [2.45, 2.75) is 13.0 Å². The molecule has 31 heavy (non-hydrogen) atoms. The maximum atomic E-state index is 11.9. The SMILES string of the molecule is CCN(CC(O)CS(=O)(=O)O)c1cc(OC)c(N=C2C=C(Br)C(=O)C(Br)=C2)c(OC)c1. The number of benzene rings is 1. The summed E-state index contributed by atoms with van der Waals surface area (Å²) in [5.74, 6) is -0.230. The number of Topliss-reactive ketones (excluding diaryl/α,β-unsaturated/α-hetero) is 1. The van der Waals surface area contributed by atoms with Gasteiger partial charge in [-0.15, -0.1) is 0 Å². The summed E-state index contributed by atoms with van der Waals surface area (Å²) in [6.07, 6.45) is 1.85. The molecule has 1 unspecified atom stereocenters. The first-order valence-corrected chi connectivity index (χ1v) is 12.2. The quantitative estimate of drug-likeness (QED) is 0.337. The fraction of sp³-hybridized carbons (Fsp3) is 0.368. The molecule has 12 heteroatoms. The normalized spacial score (nSPS) is 15.2. The molecule has 170 valence electrons. The van der Waals surface area contributed by atoms with Gasteiger partial charge < -0.3 is 19.5 Å². The Morgan fingerprint density at radius 2 is 1.65 bits per heavy atom. The van der Waals surface area contributed by atoms with E-state index in [1.807, 2.05) is 6.92 Å². The zero-order chi connectivity index (χ0) is 23.3. The van der Waals surface area contributed by atoms with Crippen molar-refractivity contribution in [3.63, 3.8) is 0 Å². The second-order valence-electron chi connectivity index (χ2n) is 6.49. The van der Waals surface area contributed by atoms with Gasteiger partial charge in [-0.25, -0.2) is 4.99 Å². The third kappa shape index (κ3) is 6.88. The number of carbonyl (C=O) groups is 1. The molecule has 0 saturated heterocycles. The van der Waals surface area contributed by atoms with Crippen LogP contribution in [-0.2, 0) is 14.9 Å². The highest BCUT2D eigenvalue weighted by atomic mass is 79.9. The van der Waals surface area contributed by atoms with Crippen molar-refractivity contribution < 1.29 is 32.3 Å². The van der Waals surface area contributed by atoms with Crippen LogP contribution in [0.3, 0.4) is 0 Å². The molecular formula is C19H22Br2N2O7S. The molecule has 9 nitrogen and oxygen atoms in total. The Labute approximate surface area is 197 Å². The second kappa shape index (κ2) is 10.7. The van der Waals surface area contributed by atoms with Crippen LogP contribution in [0.5, 0.6) is 11.5 Å². The lowest BCUT2D eigenvalue weighted by atomic mass is 10.1. The molecule has 2 rings (SSSR count). The number of halogens is 2. The van der Waals surface area contributed by atoms with Crippen LogP contribution >= 0.6 is 31.9 Å². The van der Waals surface area contributed by atoms with Gasteiger partial charge in [-0.2, -0.15) is 8.42 Å². The molecule has 1 atom stereocenters. The van der Waals surface area contributed by atoms with Crippen molar-refractivity contribution in [1.82, 2.24) is 0 Å². The Balaban J connectivity index is 2.46. The smallest absolute Gasteiger partial charge is 0.267 e. The number of likely N-dealkylation sites (N-methyl/N-ethyl adjacent to an activating group) is 1. The first kappa shape index (κ1) is 25.5. The molecule has 1 aromatic carbocycles. The molecule has 0 spiro atoms. The summed E-state index contributed by atoms with van der Waals surface area (Å²) < 4.78 is 42.7. The maximum absolute atomic E-state index is 11.9. The van der Waals surface area contributed by atoms with Crippen molar-refractivity contribution in [3.05, 3.63) is 33.2 Å². The third-order valence-electron chi connectivity index (χ3n) is 4.27. The fourth-order valence-corrected chi connectivity index (χ4v) is 4.63. The maximum Gasteiger partial charge on any atom is 0.267 e. The topological polar surface area (TPSA) is 126 Å². The number of hydrogen-bond donors (Lipinski definition) is 2. The summed E-state index contributed by atoms with van der Waals surface area (Å²) >= 11 is 6.42. The van der Waals surface area contributed by atoms with Crippen molar-refractivity contribution >= 4 is 64.8 Å². The van der Waals surface area contributed by atoms with Gasteiger partial charge in [0, 0.05) is 30.9 Å². The van der Waals surface area contributed by atoms with Crippen LogP contribution in [0.4, 0.5) is 11.4 Å². The molecule has 0 aromatic heterocycles. The van der Waals surface area contributed by atoms with Crippen molar-refractivity contribution in [2.24, 2.45) is 4.99 Å². The number of aliphatic hydroxyl groups excluding tert-OH is 1. The highest BCUT2D eigenvalue weighted by Crippen LogP contribution is 2.42. The number of carbonyl (C=O) groups excluding carboxylic acids is 1. The van der Waals surface area contributed by atoms with Crippen LogP contribution in [0.25, 0.3) is 0 Å². The largest absolute Gasteiger partial charge is 0.494 e. The molecule has 1 aliphatic carbocycles. The van der Waals surface area contributed by atoms with Gasteiger partial charge in [0.25, 0.3) is 10.1 Å². The first-order valence-electron chi connectivity index (χ1n) is 9.01. The van der Waals surface area contributed by atoms with Gasteiger partial charge in [0.05, 0.1) is 35.0 Å². The van der Waals surface area contributed by atoms with E-state index in [1.165, 1.54) is 14.2 Å².